The van der Waals surface area contributed by atoms with E-state index in [1.54, 1.807) is 0 Å². The van der Waals surface area contributed by atoms with E-state index >= 15 is 0 Å². The highest BCUT2D eigenvalue weighted by Crippen LogP contribution is 2.38. The monoisotopic (exact) mass is 1290 g/mol. The summed E-state index contributed by atoms with van der Waals surface area (Å²) < 4.78 is 34.3. The van der Waals surface area contributed by atoms with E-state index in [-0.39, 0.29) is 26.1 Å². The van der Waals surface area contributed by atoms with Gasteiger partial charge in [0.1, 0.15) is 19.8 Å². The minimum absolute atomic E-state index is 0.0476. The van der Waals surface area contributed by atoms with Gasteiger partial charge in [-0.2, -0.15) is 0 Å². The Hall–Kier alpha value is -5.15. The molecule has 518 valence electrons. The van der Waals surface area contributed by atoms with Crippen LogP contribution in [0.5, 0.6) is 0 Å². The van der Waals surface area contributed by atoms with Gasteiger partial charge in [0.2, 0.25) is 0 Å². The predicted octanol–water partition coefficient (Wildman–Crippen LogP) is 23.4. The fourth-order valence-corrected chi connectivity index (χ4v) is 9.89. The Morgan fingerprint density at radius 1 is 0.337 bits per heavy atom. The molecule has 0 aliphatic heterocycles. The Bertz CT molecular complexity index is 2260. The highest BCUT2D eigenvalue weighted by atomic mass is 31.2. The van der Waals surface area contributed by atoms with Gasteiger partial charge in [-0.3, -0.25) is 14.2 Å². The summed E-state index contributed by atoms with van der Waals surface area (Å²) in [5.74, 6) is -0.882. The predicted molar refractivity (Wildman–Crippen MR) is 396 cm³/mol. The number of unbranched alkanes of at least 4 members (excludes halogenated alkanes) is 18. The number of quaternary nitrogens is 1. The van der Waals surface area contributed by atoms with Gasteiger partial charge < -0.3 is 27.9 Å². The molecule has 0 bridgehead atoms. The van der Waals surface area contributed by atoms with E-state index in [0.29, 0.717) is 23.9 Å². The van der Waals surface area contributed by atoms with Crippen LogP contribution in [0.1, 0.15) is 258 Å². The van der Waals surface area contributed by atoms with Crippen LogP contribution in [0.3, 0.4) is 0 Å². The van der Waals surface area contributed by atoms with Crippen molar-refractivity contribution in [2.45, 2.75) is 264 Å². The van der Waals surface area contributed by atoms with Crippen LogP contribution in [0.15, 0.2) is 194 Å². The smallest absolute Gasteiger partial charge is 0.306 e. The van der Waals surface area contributed by atoms with E-state index in [2.05, 4.69) is 208 Å². The third kappa shape index (κ3) is 73.9. The van der Waals surface area contributed by atoms with Crippen LogP contribution in [0.4, 0.5) is 0 Å². The minimum Gasteiger partial charge on any atom is -0.756 e. The van der Waals surface area contributed by atoms with Gasteiger partial charge in [-0.1, -0.05) is 298 Å². The summed E-state index contributed by atoms with van der Waals surface area (Å²) in [5, 5.41) is 0. The van der Waals surface area contributed by atoms with Crippen LogP contribution >= 0.6 is 7.82 Å². The van der Waals surface area contributed by atoms with Crippen molar-refractivity contribution in [1.82, 2.24) is 0 Å². The van der Waals surface area contributed by atoms with Gasteiger partial charge in [-0.05, 0) is 141 Å². The largest absolute Gasteiger partial charge is 0.756 e. The van der Waals surface area contributed by atoms with Crippen LogP contribution in [-0.4, -0.2) is 70.0 Å². The summed E-state index contributed by atoms with van der Waals surface area (Å²) in [4.78, 5) is 38.1. The summed E-state index contributed by atoms with van der Waals surface area (Å²) in [6.45, 7) is 3.96. The van der Waals surface area contributed by atoms with Crippen molar-refractivity contribution in [2.24, 2.45) is 0 Å². The Balaban J connectivity index is 4.15. The second-order valence-electron chi connectivity index (χ2n) is 24.5. The van der Waals surface area contributed by atoms with Gasteiger partial charge in [-0.25, -0.2) is 0 Å². The van der Waals surface area contributed by atoms with Gasteiger partial charge >= 0.3 is 11.9 Å². The molecule has 2 atom stereocenters. The molecule has 0 amide bonds. The molecule has 92 heavy (non-hydrogen) atoms. The average molecular weight is 1290 g/mol. The molecule has 0 saturated carbocycles. The van der Waals surface area contributed by atoms with Crippen LogP contribution in [0.2, 0.25) is 0 Å². The number of likely N-dealkylation sites (N-methyl/N-ethyl adjacent to an activating group) is 1. The molecule has 0 aromatic heterocycles. The lowest BCUT2D eigenvalue weighted by Crippen LogP contribution is -2.37. The van der Waals surface area contributed by atoms with Gasteiger partial charge in [-0.15, -0.1) is 0 Å². The zero-order valence-electron chi connectivity index (χ0n) is 58.9. The highest BCUT2D eigenvalue weighted by molar-refractivity contribution is 7.45. The third-order valence-corrected chi connectivity index (χ3v) is 15.6. The van der Waals surface area contributed by atoms with Crippen molar-refractivity contribution >= 4 is 19.8 Å². The van der Waals surface area contributed by atoms with Crippen molar-refractivity contribution in [3.05, 3.63) is 194 Å². The Morgan fingerprint density at radius 3 is 0.880 bits per heavy atom. The molecule has 10 heteroatoms. The van der Waals surface area contributed by atoms with Crippen LogP contribution in [0.25, 0.3) is 0 Å². The molecule has 0 N–H and O–H groups in total. The second-order valence-corrected chi connectivity index (χ2v) is 25.9. The van der Waals surface area contributed by atoms with E-state index in [1.165, 1.54) is 77.0 Å². The van der Waals surface area contributed by atoms with E-state index in [9.17, 15) is 19.0 Å². The van der Waals surface area contributed by atoms with Gasteiger partial charge in [0.25, 0.3) is 7.82 Å². The molecular weight excluding hydrogens is 1160 g/mol. The summed E-state index contributed by atoms with van der Waals surface area (Å²) in [5.41, 5.74) is 0. The Labute approximate surface area is 564 Å². The van der Waals surface area contributed by atoms with E-state index < -0.39 is 32.5 Å². The SMILES string of the molecule is CC/C=C\C/C=C\C/C=C\C/C=C\C/C=C\C/C=C\C/C=C\C/C=C\C/C=C\CCCCCC(=O)OC(COC(=O)CCCCCCCCCCCCCCCCC/C=C\C/C=C\C/C=C\C/C=C\C/C=C\C/C=C\C/C=C\CC)COP(=O)([O-])OCC[N+](C)(C)C. The molecular formula is C82H132NO8P. The topological polar surface area (TPSA) is 111 Å². The van der Waals surface area contributed by atoms with Crippen LogP contribution in [0, 0.1) is 0 Å². The van der Waals surface area contributed by atoms with Crippen molar-refractivity contribution < 1.29 is 42.1 Å². The fraction of sp³-hybridized carbons (Fsp3) is 0.585. The normalized spacial score (nSPS) is 14.3. The number of ether oxygens (including phenoxy) is 2. The lowest BCUT2D eigenvalue weighted by molar-refractivity contribution is -0.870. The summed E-state index contributed by atoms with van der Waals surface area (Å²) >= 11 is 0. The maximum absolute atomic E-state index is 12.9. The molecule has 0 aromatic rings. The first kappa shape index (κ1) is 86.9. The maximum atomic E-state index is 12.9. The Kier molecular flexibility index (Phi) is 66.2. The first-order valence-corrected chi connectivity index (χ1v) is 37.6. The molecule has 0 aliphatic rings. The quantitative estimate of drug-likeness (QED) is 0.0195. The third-order valence-electron chi connectivity index (χ3n) is 14.6. The number of esters is 2. The molecule has 0 fully saturated rings. The lowest BCUT2D eigenvalue weighted by atomic mass is 10.0. The molecule has 0 radical (unpaired) electrons. The standard InChI is InChI=1S/C82H132NO8P/c1-6-8-10-12-14-16-18-20-22-24-26-28-30-32-34-36-38-39-40-41-42-43-45-46-48-50-52-54-56-58-60-62-64-66-68-70-72-74-81(84)88-78-80(79-90-92(86,87)89-77-76-83(3,4)5)91-82(85)75-73-71-69-67-65-63-61-59-57-55-53-51-49-47-44-37-35-33-31-29-27-25-23-21-19-17-15-13-11-9-7-2/h8-11,14-17,20-23,26-29,32-35,38-39,41-42,44,47,51,53,57,59,63,65,80H,6-7,12-13,18-19,24-25,30-31,36-37,40,43,45-46,48-50,52,54-56,58,60-62,64,66-79H2,1-5H3/b10-8-,11-9-,16-14-,17-15-,22-20-,23-21-,28-26-,29-27-,34-32-,35-33-,39-38-,42-41-,47-44-,53-51-,59-57-,65-63-. The number of rotatable bonds is 64. The van der Waals surface area contributed by atoms with E-state index in [4.69, 9.17) is 18.5 Å². The van der Waals surface area contributed by atoms with Crippen LogP contribution < -0.4 is 4.89 Å². The van der Waals surface area contributed by atoms with Crippen molar-refractivity contribution in [3.8, 4) is 0 Å². The number of phosphoric ester groups is 1. The number of carbonyl (C=O) groups is 2. The van der Waals surface area contributed by atoms with Crippen molar-refractivity contribution in [2.75, 3.05) is 47.5 Å². The lowest BCUT2D eigenvalue weighted by Gasteiger charge is -2.28. The number of allylic oxidation sites excluding steroid dienone is 32. The van der Waals surface area contributed by atoms with Crippen molar-refractivity contribution in [1.29, 1.82) is 0 Å². The number of carbonyl (C=O) groups excluding carboxylic acids is 2. The summed E-state index contributed by atoms with van der Waals surface area (Å²) in [7, 11) is 1.12. The molecule has 0 aromatic carbocycles. The molecule has 9 nitrogen and oxygen atoms in total. The highest BCUT2D eigenvalue weighted by Gasteiger charge is 2.22. The zero-order chi connectivity index (χ0) is 66.9. The molecule has 0 rings (SSSR count). The first-order chi connectivity index (χ1) is 45.0. The first-order valence-electron chi connectivity index (χ1n) is 36.1. The molecule has 2 unspecified atom stereocenters. The maximum Gasteiger partial charge on any atom is 0.306 e. The number of hydrogen-bond acceptors (Lipinski definition) is 8. The summed E-state index contributed by atoms with van der Waals surface area (Å²) in [6, 6.07) is 0. The van der Waals surface area contributed by atoms with Crippen LogP contribution in [-0.2, 0) is 32.7 Å². The minimum atomic E-state index is -4.67. The van der Waals surface area contributed by atoms with E-state index in [0.717, 1.165) is 141 Å². The number of hydrogen-bond donors (Lipinski definition) is 0. The molecule has 0 saturated heterocycles. The van der Waals surface area contributed by atoms with Crippen molar-refractivity contribution in [3.63, 3.8) is 0 Å². The number of phosphoric acid groups is 1. The molecule has 0 heterocycles. The molecule has 0 spiro atoms. The van der Waals surface area contributed by atoms with Gasteiger partial charge in [0.15, 0.2) is 6.10 Å². The summed E-state index contributed by atoms with van der Waals surface area (Å²) in [6.07, 6.45) is 109. The zero-order valence-corrected chi connectivity index (χ0v) is 59.8. The molecule has 0 aliphatic carbocycles. The average Bonchev–Trinajstić information content (AvgIpc) is 2.14. The second kappa shape index (κ2) is 70.2. The Morgan fingerprint density at radius 2 is 0.587 bits per heavy atom. The van der Waals surface area contributed by atoms with Gasteiger partial charge in [0, 0.05) is 12.8 Å². The van der Waals surface area contributed by atoms with E-state index in [1.807, 2.05) is 21.1 Å². The number of nitrogens with zero attached hydrogens (tertiary/aromatic N) is 1. The van der Waals surface area contributed by atoms with Gasteiger partial charge in [0.05, 0.1) is 27.7 Å². The fourth-order valence-electron chi connectivity index (χ4n) is 9.16.